The van der Waals surface area contributed by atoms with Crippen LogP contribution in [0.3, 0.4) is 0 Å². The zero-order chi connectivity index (χ0) is 18.8. The molecule has 0 aliphatic heterocycles. The maximum absolute atomic E-state index is 12.6. The van der Waals surface area contributed by atoms with Gasteiger partial charge < -0.3 is 4.74 Å². The summed E-state index contributed by atoms with van der Waals surface area (Å²) in [5.41, 5.74) is 0.835. The predicted octanol–water partition coefficient (Wildman–Crippen LogP) is 2.31. The van der Waals surface area contributed by atoms with Gasteiger partial charge in [0.2, 0.25) is 10.0 Å². The number of esters is 1. The van der Waals surface area contributed by atoms with Crippen LogP contribution in [-0.2, 0) is 14.8 Å². The summed E-state index contributed by atoms with van der Waals surface area (Å²) in [6.45, 7) is 4.64. The molecule has 0 spiro atoms. The fourth-order valence-electron chi connectivity index (χ4n) is 2.05. The van der Waals surface area contributed by atoms with Gasteiger partial charge in [0.05, 0.1) is 11.8 Å². The van der Waals surface area contributed by atoms with Crippen LogP contribution in [0.5, 0.6) is 5.75 Å². The fourth-order valence-corrected chi connectivity index (χ4v) is 3.43. The molecule has 0 bridgehead atoms. The van der Waals surface area contributed by atoms with Crippen molar-refractivity contribution in [2.24, 2.45) is 0 Å². The summed E-state index contributed by atoms with van der Waals surface area (Å²) in [6, 6.07) is 4.91. The molecule has 25 heavy (non-hydrogen) atoms. The van der Waals surface area contributed by atoms with Gasteiger partial charge in [-0.1, -0.05) is 23.5 Å². The topological polar surface area (TPSA) is 114 Å². The van der Waals surface area contributed by atoms with Gasteiger partial charge in [-0.3, -0.25) is 19.6 Å². The van der Waals surface area contributed by atoms with Gasteiger partial charge in [0.1, 0.15) is 5.75 Å². The van der Waals surface area contributed by atoms with Crippen LogP contribution < -0.4 is 14.8 Å². The lowest BCUT2D eigenvalue weighted by Gasteiger charge is -2.10. The minimum atomic E-state index is -3.47. The van der Waals surface area contributed by atoms with Crippen molar-refractivity contribution < 1.29 is 22.7 Å². The van der Waals surface area contributed by atoms with Crippen molar-refractivity contribution in [3.05, 3.63) is 34.2 Å². The van der Waals surface area contributed by atoms with Crippen LogP contribution in [0.25, 0.3) is 0 Å². The lowest BCUT2D eigenvalue weighted by Crippen LogP contribution is -2.16. The van der Waals surface area contributed by atoms with Gasteiger partial charge in [-0.25, -0.2) is 13.4 Å². The fraction of sp³-hybridized carbons (Fsp3) is 0.267. The van der Waals surface area contributed by atoms with Gasteiger partial charge in [-0.05, 0) is 25.5 Å². The SMILES string of the molecule is CC(=O)Oc1cccc(C)c1C(=O)Nc1nc(NS(C)(=O)=O)c(C)s1. The van der Waals surface area contributed by atoms with Gasteiger partial charge in [-0.15, -0.1) is 0 Å². The third kappa shape index (κ3) is 5.00. The van der Waals surface area contributed by atoms with E-state index in [-0.39, 0.29) is 22.3 Å². The number of aromatic nitrogens is 1. The molecular formula is C15H17N3O5S2. The number of benzene rings is 1. The van der Waals surface area contributed by atoms with Crippen molar-refractivity contribution in [3.8, 4) is 5.75 Å². The first kappa shape index (κ1) is 18.9. The zero-order valence-corrected chi connectivity index (χ0v) is 15.7. The number of aryl methyl sites for hydroxylation is 2. The van der Waals surface area contributed by atoms with E-state index in [1.54, 1.807) is 26.0 Å². The molecule has 2 rings (SSSR count). The maximum Gasteiger partial charge on any atom is 0.308 e. The molecule has 0 saturated heterocycles. The van der Waals surface area contributed by atoms with Crippen molar-refractivity contribution in [1.29, 1.82) is 0 Å². The first-order valence-electron chi connectivity index (χ1n) is 7.11. The highest BCUT2D eigenvalue weighted by atomic mass is 32.2. The van der Waals surface area contributed by atoms with E-state index >= 15 is 0 Å². The number of ether oxygens (including phenoxy) is 1. The Morgan fingerprint density at radius 1 is 1.24 bits per heavy atom. The second-order valence-electron chi connectivity index (χ2n) is 5.29. The smallest absolute Gasteiger partial charge is 0.308 e. The molecule has 0 fully saturated rings. The monoisotopic (exact) mass is 383 g/mol. The number of hydrogen-bond donors (Lipinski definition) is 2. The van der Waals surface area contributed by atoms with E-state index in [2.05, 4.69) is 15.0 Å². The molecular weight excluding hydrogens is 366 g/mol. The average molecular weight is 383 g/mol. The number of rotatable bonds is 5. The zero-order valence-electron chi connectivity index (χ0n) is 14.0. The molecule has 8 nitrogen and oxygen atoms in total. The van der Waals surface area contributed by atoms with Crippen LogP contribution in [0.15, 0.2) is 18.2 Å². The molecule has 2 aromatic rings. The van der Waals surface area contributed by atoms with Gasteiger partial charge in [0.25, 0.3) is 5.91 Å². The first-order chi connectivity index (χ1) is 11.6. The Morgan fingerprint density at radius 3 is 2.52 bits per heavy atom. The van der Waals surface area contributed by atoms with E-state index in [0.717, 1.165) is 17.6 Å². The normalized spacial score (nSPS) is 11.0. The van der Waals surface area contributed by atoms with E-state index < -0.39 is 21.9 Å². The van der Waals surface area contributed by atoms with E-state index in [1.807, 2.05) is 0 Å². The average Bonchev–Trinajstić information content (AvgIpc) is 2.75. The molecule has 1 heterocycles. The number of amides is 1. The number of hydrogen-bond acceptors (Lipinski definition) is 7. The highest BCUT2D eigenvalue weighted by Crippen LogP contribution is 2.29. The molecule has 1 amide bonds. The Labute approximate surface area is 149 Å². The predicted molar refractivity (Wildman–Crippen MR) is 95.8 cm³/mol. The minimum Gasteiger partial charge on any atom is -0.426 e. The summed E-state index contributed by atoms with van der Waals surface area (Å²) in [5.74, 6) is -0.737. The molecule has 0 saturated carbocycles. The lowest BCUT2D eigenvalue weighted by molar-refractivity contribution is -0.131. The molecule has 134 valence electrons. The number of nitrogens with zero attached hydrogens (tertiary/aromatic N) is 1. The highest BCUT2D eigenvalue weighted by molar-refractivity contribution is 7.92. The van der Waals surface area contributed by atoms with E-state index in [4.69, 9.17) is 4.74 Å². The Morgan fingerprint density at radius 2 is 1.92 bits per heavy atom. The molecule has 0 radical (unpaired) electrons. The Hall–Kier alpha value is -2.46. The lowest BCUT2D eigenvalue weighted by atomic mass is 10.1. The van der Waals surface area contributed by atoms with Crippen molar-refractivity contribution in [2.45, 2.75) is 20.8 Å². The summed E-state index contributed by atoms with van der Waals surface area (Å²) in [7, 11) is -3.47. The van der Waals surface area contributed by atoms with Gasteiger partial charge >= 0.3 is 5.97 Å². The standard InChI is InChI=1S/C15H17N3O5S2/c1-8-6-5-7-11(23-10(3)19)12(8)14(20)17-15-16-13(9(2)24-15)18-25(4,21)22/h5-7,18H,1-4H3,(H,16,17,20). The van der Waals surface area contributed by atoms with Crippen LogP contribution in [0.4, 0.5) is 10.9 Å². The highest BCUT2D eigenvalue weighted by Gasteiger charge is 2.19. The summed E-state index contributed by atoms with van der Waals surface area (Å²) >= 11 is 1.13. The Balaban J connectivity index is 2.29. The minimum absolute atomic E-state index is 0.146. The molecule has 0 atom stereocenters. The largest absolute Gasteiger partial charge is 0.426 e. The van der Waals surface area contributed by atoms with Gasteiger partial charge in [-0.2, -0.15) is 0 Å². The summed E-state index contributed by atoms with van der Waals surface area (Å²) < 4.78 is 30.0. The number of anilines is 2. The second kappa shape index (κ2) is 7.19. The third-order valence-corrected chi connectivity index (χ3v) is 4.46. The van der Waals surface area contributed by atoms with Crippen LogP contribution in [0.2, 0.25) is 0 Å². The number of carbonyl (C=O) groups is 2. The van der Waals surface area contributed by atoms with E-state index in [1.165, 1.54) is 13.0 Å². The number of carbonyl (C=O) groups excluding carboxylic acids is 2. The molecule has 0 unspecified atom stereocenters. The quantitative estimate of drug-likeness (QED) is 0.605. The first-order valence-corrected chi connectivity index (χ1v) is 9.82. The molecule has 0 aliphatic carbocycles. The van der Waals surface area contributed by atoms with Crippen molar-refractivity contribution in [3.63, 3.8) is 0 Å². The molecule has 10 heteroatoms. The molecule has 0 aliphatic rings. The van der Waals surface area contributed by atoms with Crippen LogP contribution in [0.1, 0.15) is 27.7 Å². The summed E-state index contributed by atoms with van der Waals surface area (Å²) in [6.07, 6.45) is 1.02. The van der Waals surface area contributed by atoms with Crippen molar-refractivity contribution in [2.75, 3.05) is 16.3 Å². The van der Waals surface area contributed by atoms with Crippen LogP contribution in [0, 0.1) is 13.8 Å². The Kier molecular flexibility index (Phi) is 5.43. The third-order valence-electron chi connectivity index (χ3n) is 3.01. The van der Waals surface area contributed by atoms with Crippen LogP contribution in [-0.4, -0.2) is 31.5 Å². The van der Waals surface area contributed by atoms with Crippen LogP contribution >= 0.6 is 11.3 Å². The maximum atomic E-state index is 12.6. The number of nitrogens with one attached hydrogen (secondary N) is 2. The number of thiazole rings is 1. The van der Waals surface area contributed by atoms with E-state index in [0.29, 0.717) is 10.4 Å². The molecule has 1 aromatic carbocycles. The second-order valence-corrected chi connectivity index (χ2v) is 8.25. The van der Waals surface area contributed by atoms with Crippen molar-refractivity contribution >= 4 is 44.2 Å². The summed E-state index contributed by atoms with van der Waals surface area (Å²) in [4.78, 5) is 28.4. The van der Waals surface area contributed by atoms with Gasteiger partial charge in [0, 0.05) is 11.8 Å². The Bertz CT molecular complexity index is 935. The summed E-state index contributed by atoms with van der Waals surface area (Å²) in [5, 5.41) is 2.83. The molecule has 1 aromatic heterocycles. The van der Waals surface area contributed by atoms with E-state index in [9.17, 15) is 18.0 Å². The molecule has 2 N–H and O–H groups in total. The van der Waals surface area contributed by atoms with Gasteiger partial charge in [0.15, 0.2) is 10.9 Å². The number of sulfonamides is 1. The van der Waals surface area contributed by atoms with Crippen molar-refractivity contribution in [1.82, 2.24) is 4.98 Å².